The van der Waals surface area contributed by atoms with E-state index in [0.29, 0.717) is 9.23 Å². The van der Waals surface area contributed by atoms with E-state index in [1.807, 2.05) is 42.5 Å². The summed E-state index contributed by atoms with van der Waals surface area (Å²) in [4.78, 5) is 16.0. The normalized spacial score (nSPS) is 23.0. The Balaban J connectivity index is 2.12. The molecule has 1 fully saturated rings. The van der Waals surface area contributed by atoms with Gasteiger partial charge in [-0.25, -0.2) is 0 Å². The van der Waals surface area contributed by atoms with Crippen LogP contribution in [0.4, 0.5) is 5.69 Å². The van der Waals surface area contributed by atoms with E-state index in [1.165, 1.54) is 5.56 Å². The Morgan fingerprint density at radius 2 is 1.62 bits per heavy atom. The van der Waals surface area contributed by atoms with Crippen molar-refractivity contribution in [3.8, 4) is 0 Å². The molecule has 0 aliphatic carbocycles. The van der Waals surface area contributed by atoms with Crippen molar-refractivity contribution in [2.24, 2.45) is 0 Å². The molecule has 1 amide bonds. The predicted molar refractivity (Wildman–Crippen MR) is 120 cm³/mol. The maximum Gasteiger partial charge on any atom is 0.269 e. The summed E-state index contributed by atoms with van der Waals surface area (Å²) in [6.45, 7) is 10.6. The number of hydrogen-bond acceptors (Lipinski definition) is 3. The van der Waals surface area contributed by atoms with Crippen molar-refractivity contribution in [2.45, 2.75) is 31.1 Å². The molecule has 0 N–H and O–H groups in total. The molecule has 5 heteroatoms. The van der Waals surface area contributed by atoms with Gasteiger partial charge in [0.05, 0.1) is 10.6 Å². The SMILES string of the molecule is C=C1C(=O)N(c2ccccc2)C(=S)S1(C=S)c1ccc(C(C)(C)C)cc1. The molecule has 1 heterocycles. The van der Waals surface area contributed by atoms with Gasteiger partial charge in [-0.3, -0.25) is 9.69 Å². The van der Waals surface area contributed by atoms with E-state index in [9.17, 15) is 4.79 Å². The van der Waals surface area contributed by atoms with Crippen molar-refractivity contribution in [1.29, 1.82) is 0 Å². The first-order chi connectivity index (χ1) is 12.2. The molecule has 1 atom stereocenters. The number of nitrogens with zero attached hydrogens (tertiary/aromatic N) is 1. The quantitative estimate of drug-likeness (QED) is 0.470. The highest BCUT2D eigenvalue weighted by atomic mass is 32.3. The number of hydrogen-bond donors (Lipinski definition) is 0. The zero-order valence-electron chi connectivity index (χ0n) is 15.1. The smallest absolute Gasteiger partial charge is 0.268 e. The average Bonchev–Trinajstić information content (AvgIpc) is 2.82. The number of para-hydroxylation sites is 1. The lowest BCUT2D eigenvalue weighted by atomic mass is 9.87. The largest absolute Gasteiger partial charge is 0.269 e. The lowest BCUT2D eigenvalue weighted by molar-refractivity contribution is -0.113. The minimum atomic E-state index is -2.04. The Kier molecular flexibility index (Phi) is 4.90. The molecule has 0 aromatic heterocycles. The van der Waals surface area contributed by atoms with E-state index in [4.69, 9.17) is 24.4 Å². The molecule has 134 valence electrons. The van der Waals surface area contributed by atoms with Crippen LogP contribution in [0.1, 0.15) is 26.3 Å². The van der Waals surface area contributed by atoms with E-state index in [2.05, 4.69) is 39.5 Å². The maximum atomic E-state index is 13.0. The Morgan fingerprint density at radius 3 is 2.12 bits per heavy atom. The fourth-order valence-electron chi connectivity index (χ4n) is 2.96. The van der Waals surface area contributed by atoms with Gasteiger partial charge in [-0.05, 0) is 35.2 Å². The van der Waals surface area contributed by atoms with Crippen molar-refractivity contribution < 1.29 is 4.79 Å². The second kappa shape index (κ2) is 6.72. The molecule has 2 nitrogen and oxygen atoms in total. The third kappa shape index (κ3) is 2.84. The van der Waals surface area contributed by atoms with Gasteiger partial charge in [0.15, 0.2) is 0 Å². The average molecular weight is 400 g/mol. The van der Waals surface area contributed by atoms with Gasteiger partial charge in [-0.15, -0.1) is 0 Å². The van der Waals surface area contributed by atoms with Gasteiger partial charge < -0.3 is 0 Å². The summed E-state index contributed by atoms with van der Waals surface area (Å²) in [5.74, 6) is -0.169. The van der Waals surface area contributed by atoms with Gasteiger partial charge in [0.2, 0.25) is 0 Å². The van der Waals surface area contributed by atoms with Crippen LogP contribution in [0.15, 0.2) is 71.0 Å². The third-order valence-electron chi connectivity index (χ3n) is 4.54. The molecule has 0 spiro atoms. The third-order valence-corrected chi connectivity index (χ3v) is 9.37. The van der Waals surface area contributed by atoms with Crippen LogP contribution in [-0.2, 0) is 10.2 Å². The second-order valence-corrected chi connectivity index (χ2v) is 11.3. The fraction of sp³-hybridized carbons (Fsp3) is 0.190. The Bertz CT molecular complexity index is 897. The summed E-state index contributed by atoms with van der Waals surface area (Å²) < 4.78 is 2.20. The van der Waals surface area contributed by atoms with Crippen molar-refractivity contribution >= 4 is 55.1 Å². The second-order valence-electron chi connectivity index (χ2n) is 7.20. The molecule has 26 heavy (non-hydrogen) atoms. The van der Waals surface area contributed by atoms with Crippen molar-refractivity contribution in [1.82, 2.24) is 0 Å². The minimum Gasteiger partial charge on any atom is -0.268 e. The standard InChI is InChI=1S/C21H21NOS3/c1-15-19(23)22(17-8-6-5-7-9-17)20(25)26(15,14-24)18-12-10-16(11-13-18)21(2,3)4/h5-14H,1H2,2-4H3. The van der Waals surface area contributed by atoms with Crippen LogP contribution in [0, 0.1) is 0 Å². The monoisotopic (exact) mass is 399 g/mol. The maximum absolute atomic E-state index is 13.0. The zero-order valence-corrected chi connectivity index (χ0v) is 17.5. The first kappa shape index (κ1) is 19.0. The minimum absolute atomic E-state index is 0.0534. The Labute approximate surface area is 167 Å². The van der Waals surface area contributed by atoms with Crippen molar-refractivity contribution in [2.75, 3.05) is 4.90 Å². The summed E-state index contributed by atoms with van der Waals surface area (Å²) in [6.07, 6.45) is 0. The number of anilines is 1. The van der Waals surface area contributed by atoms with Gasteiger partial charge in [0.1, 0.15) is 4.32 Å². The van der Waals surface area contributed by atoms with E-state index >= 15 is 0 Å². The summed E-state index contributed by atoms with van der Waals surface area (Å²) in [6, 6.07) is 17.7. The van der Waals surface area contributed by atoms with Crippen LogP contribution in [0.3, 0.4) is 0 Å². The molecule has 0 radical (unpaired) electrons. The molecular formula is C21H21NOS3. The first-order valence-corrected chi connectivity index (χ1v) is 10.8. The molecule has 0 bridgehead atoms. The molecule has 0 saturated carbocycles. The van der Waals surface area contributed by atoms with E-state index in [-0.39, 0.29) is 11.3 Å². The van der Waals surface area contributed by atoms with E-state index < -0.39 is 10.0 Å². The molecule has 1 aliphatic rings. The molecule has 1 aliphatic heterocycles. The summed E-state index contributed by atoms with van der Waals surface area (Å²) in [7, 11) is -2.04. The number of carbonyl (C=O) groups excluding carboxylic acids is 1. The lowest BCUT2D eigenvalue weighted by Crippen LogP contribution is -2.28. The van der Waals surface area contributed by atoms with Crippen LogP contribution in [-0.4, -0.2) is 14.9 Å². The number of thiocarbonyl (C=S) groups is 2. The number of carbonyl (C=O) groups is 1. The van der Waals surface area contributed by atoms with Crippen LogP contribution < -0.4 is 4.90 Å². The first-order valence-electron chi connectivity index (χ1n) is 8.25. The summed E-state index contributed by atoms with van der Waals surface area (Å²) >= 11 is 11.2. The molecular weight excluding hydrogens is 378 g/mol. The molecule has 1 unspecified atom stereocenters. The predicted octanol–water partition coefficient (Wildman–Crippen LogP) is 5.95. The topological polar surface area (TPSA) is 20.3 Å². The van der Waals surface area contributed by atoms with Gasteiger partial charge in [0, 0.05) is 9.59 Å². The van der Waals surface area contributed by atoms with Crippen LogP contribution in [0.2, 0.25) is 0 Å². The van der Waals surface area contributed by atoms with Gasteiger partial charge >= 0.3 is 0 Å². The zero-order chi connectivity index (χ0) is 19.1. The van der Waals surface area contributed by atoms with E-state index in [1.54, 1.807) is 9.60 Å². The number of amides is 1. The number of benzene rings is 2. The summed E-state index contributed by atoms with van der Waals surface area (Å²) in [5, 5.41) is 0. The summed E-state index contributed by atoms with van der Waals surface area (Å²) in [5.41, 5.74) is 2.03. The van der Waals surface area contributed by atoms with Crippen molar-refractivity contribution in [3.05, 3.63) is 71.6 Å². The van der Waals surface area contributed by atoms with Crippen LogP contribution in [0.25, 0.3) is 0 Å². The van der Waals surface area contributed by atoms with Gasteiger partial charge in [-0.2, -0.15) is 0 Å². The van der Waals surface area contributed by atoms with E-state index in [0.717, 1.165) is 10.6 Å². The Morgan fingerprint density at radius 1 is 1.04 bits per heavy atom. The van der Waals surface area contributed by atoms with Gasteiger partial charge in [-0.1, -0.05) is 92.1 Å². The molecule has 1 saturated heterocycles. The molecule has 2 aromatic rings. The highest BCUT2D eigenvalue weighted by Crippen LogP contribution is 2.66. The van der Waals surface area contributed by atoms with Gasteiger partial charge in [0.25, 0.3) is 5.91 Å². The van der Waals surface area contributed by atoms with Crippen molar-refractivity contribution in [3.63, 3.8) is 0 Å². The number of rotatable bonds is 3. The highest BCUT2D eigenvalue weighted by Gasteiger charge is 2.48. The highest BCUT2D eigenvalue weighted by molar-refractivity contribution is 8.64. The lowest BCUT2D eigenvalue weighted by Gasteiger charge is -2.32. The Hall–Kier alpha value is -1.82. The fourth-order valence-corrected chi connectivity index (χ4v) is 7.44. The van der Waals surface area contributed by atoms with Crippen LogP contribution in [0.5, 0.6) is 0 Å². The molecule has 3 rings (SSSR count). The van der Waals surface area contributed by atoms with Crippen LogP contribution >= 0.6 is 34.5 Å². The molecule has 2 aromatic carbocycles.